The quantitative estimate of drug-likeness (QED) is 0.630. The summed E-state index contributed by atoms with van der Waals surface area (Å²) in [5, 5.41) is 3.83. The van der Waals surface area contributed by atoms with Crippen LogP contribution in [0.3, 0.4) is 0 Å². The number of hydrogen-bond donors (Lipinski definition) is 1. The average molecular weight is 384 g/mol. The van der Waals surface area contributed by atoms with Gasteiger partial charge in [-0.15, -0.1) is 11.8 Å². The molecule has 2 rings (SSSR count). The number of hydrogen-bond acceptors (Lipinski definition) is 3. The van der Waals surface area contributed by atoms with Gasteiger partial charge < -0.3 is 5.32 Å². The summed E-state index contributed by atoms with van der Waals surface area (Å²) in [6, 6.07) is 13.5. The second kappa shape index (κ2) is 7.49. The molecule has 19 heavy (non-hydrogen) atoms. The molecule has 2 aromatic rings. The average Bonchev–Trinajstić information content (AvgIpc) is 2.43. The maximum atomic E-state index is 11.7. The van der Waals surface area contributed by atoms with E-state index in [4.69, 9.17) is 0 Å². The zero-order chi connectivity index (χ0) is 13.5. The van der Waals surface area contributed by atoms with E-state index in [1.807, 2.05) is 42.5 Å². The van der Waals surface area contributed by atoms with Crippen molar-refractivity contribution in [1.29, 1.82) is 0 Å². The van der Waals surface area contributed by atoms with Crippen LogP contribution >= 0.6 is 34.4 Å². The van der Waals surface area contributed by atoms with Crippen molar-refractivity contribution in [2.75, 3.05) is 11.1 Å². The van der Waals surface area contributed by atoms with Crippen LogP contribution in [0.15, 0.2) is 53.7 Å². The molecule has 5 heteroatoms. The largest absolute Gasteiger partial charge is 0.326 e. The van der Waals surface area contributed by atoms with Gasteiger partial charge in [-0.2, -0.15) is 0 Å². The van der Waals surface area contributed by atoms with Gasteiger partial charge in [0.05, 0.1) is 5.03 Å². The van der Waals surface area contributed by atoms with Crippen molar-refractivity contribution in [2.45, 2.75) is 11.4 Å². The summed E-state index contributed by atoms with van der Waals surface area (Å²) >= 11 is 3.82. The Morgan fingerprint density at radius 2 is 2.00 bits per heavy atom. The molecule has 1 N–H and O–H groups in total. The summed E-state index contributed by atoms with van der Waals surface area (Å²) in [4.78, 5) is 15.9. The van der Waals surface area contributed by atoms with Crippen molar-refractivity contribution in [2.24, 2.45) is 0 Å². The third-order valence-corrected chi connectivity index (χ3v) is 4.01. The second-order valence-corrected chi connectivity index (χ2v) is 6.18. The van der Waals surface area contributed by atoms with Crippen LogP contribution < -0.4 is 5.32 Å². The molecule has 1 amide bonds. The van der Waals surface area contributed by atoms with Crippen LogP contribution in [0.5, 0.6) is 0 Å². The fourth-order valence-corrected chi connectivity index (χ4v) is 2.60. The molecule has 0 radical (unpaired) electrons. The van der Waals surface area contributed by atoms with E-state index in [0.29, 0.717) is 6.42 Å². The standard InChI is InChI=1S/C14H13IN2OS/c15-11-4-6-12(7-5-11)17-13(18)8-10-19-14-3-1-2-9-16-14/h1-7,9H,8,10H2,(H,17,18). The minimum atomic E-state index is 0.0321. The molecule has 0 atom stereocenters. The van der Waals surface area contributed by atoms with Crippen molar-refractivity contribution in [1.82, 2.24) is 4.98 Å². The lowest BCUT2D eigenvalue weighted by Gasteiger charge is -2.05. The number of amides is 1. The van der Waals surface area contributed by atoms with Gasteiger partial charge in [0.1, 0.15) is 0 Å². The Kier molecular flexibility index (Phi) is 5.65. The molecule has 0 saturated heterocycles. The molecule has 1 aromatic heterocycles. The summed E-state index contributed by atoms with van der Waals surface area (Å²) in [5.41, 5.74) is 0.841. The van der Waals surface area contributed by atoms with Gasteiger partial charge in [0, 0.05) is 27.6 Å². The van der Waals surface area contributed by atoms with Gasteiger partial charge in [0.25, 0.3) is 0 Å². The van der Waals surface area contributed by atoms with E-state index in [2.05, 4.69) is 32.9 Å². The molecule has 1 aromatic carbocycles. The second-order valence-electron chi connectivity index (χ2n) is 3.82. The highest BCUT2D eigenvalue weighted by Crippen LogP contribution is 2.16. The number of pyridine rings is 1. The van der Waals surface area contributed by atoms with Crippen LogP contribution in [0.2, 0.25) is 0 Å². The molecule has 0 aliphatic rings. The van der Waals surface area contributed by atoms with Crippen molar-refractivity contribution in [3.05, 3.63) is 52.2 Å². The molecule has 98 valence electrons. The lowest BCUT2D eigenvalue weighted by atomic mass is 10.3. The van der Waals surface area contributed by atoms with Crippen LogP contribution in [0.1, 0.15) is 6.42 Å². The Labute approximate surface area is 130 Å². The topological polar surface area (TPSA) is 42.0 Å². The van der Waals surface area contributed by atoms with Gasteiger partial charge in [-0.3, -0.25) is 4.79 Å². The maximum Gasteiger partial charge on any atom is 0.225 e. The summed E-state index contributed by atoms with van der Waals surface area (Å²) in [5.74, 6) is 0.761. The fourth-order valence-electron chi connectivity index (χ4n) is 1.44. The van der Waals surface area contributed by atoms with Crippen molar-refractivity contribution < 1.29 is 4.79 Å². The first-order chi connectivity index (χ1) is 9.24. The Bertz CT molecular complexity index is 531. The van der Waals surface area contributed by atoms with E-state index < -0.39 is 0 Å². The lowest BCUT2D eigenvalue weighted by molar-refractivity contribution is -0.115. The lowest BCUT2D eigenvalue weighted by Crippen LogP contribution is -2.12. The number of carbonyl (C=O) groups is 1. The number of carbonyl (C=O) groups excluding carboxylic acids is 1. The smallest absolute Gasteiger partial charge is 0.225 e. The van der Waals surface area contributed by atoms with Crippen LogP contribution in [0.25, 0.3) is 0 Å². The minimum absolute atomic E-state index is 0.0321. The summed E-state index contributed by atoms with van der Waals surface area (Å²) in [6.45, 7) is 0. The molecule has 0 aliphatic heterocycles. The number of nitrogens with zero attached hydrogens (tertiary/aromatic N) is 1. The number of nitrogens with one attached hydrogen (secondary N) is 1. The molecule has 0 aliphatic carbocycles. The predicted molar refractivity (Wildman–Crippen MR) is 87.4 cm³/mol. The Balaban J connectivity index is 1.74. The molecule has 0 unspecified atom stereocenters. The van der Waals surface area contributed by atoms with E-state index in [1.165, 1.54) is 0 Å². The van der Waals surface area contributed by atoms with Gasteiger partial charge in [0.15, 0.2) is 0 Å². The molecular weight excluding hydrogens is 371 g/mol. The van der Waals surface area contributed by atoms with Crippen LogP contribution in [-0.2, 0) is 4.79 Å². The number of anilines is 1. The molecule has 0 bridgehead atoms. The Morgan fingerprint density at radius 3 is 2.68 bits per heavy atom. The third kappa shape index (κ3) is 5.20. The van der Waals surface area contributed by atoms with Crippen molar-refractivity contribution in [3.8, 4) is 0 Å². The highest BCUT2D eigenvalue weighted by atomic mass is 127. The predicted octanol–water partition coefficient (Wildman–Crippen LogP) is 3.81. The molecule has 3 nitrogen and oxygen atoms in total. The number of benzene rings is 1. The zero-order valence-corrected chi connectivity index (χ0v) is 13.1. The molecule has 0 saturated carbocycles. The first-order valence-corrected chi connectivity index (χ1v) is 7.90. The molecular formula is C14H13IN2OS. The molecule has 1 heterocycles. The molecule has 0 fully saturated rings. The van der Waals surface area contributed by atoms with E-state index in [9.17, 15) is 4.79 Å². The van der Waals surface area contributed by atoms with E-state index >= 15 is 0 Å². The number of rotatable bonds is 5. The number of halogens is 1. The van der Waals surface area contributed by atoms with E-state index in [1.54, 1.807) is 18.0 Å². The summed E-state index contributed by atoms with van der Waals surface area (Å²) in [6.07, 6.45) is 2.24. The SMILES string of the molecule is O=C(CCSc1ccccn1)Nc1ccc(I)cc1. The third-order valence-electron chi connectivity index (χ3n) is 2.34. The van der Waals surface area contributed by atoms with Crippen molar-refractivity contribution in [3.63, 3.8) is 0 Å². The summed E-state index contributed by atoms with van der Waals surface area (Å²) in [7, 11) is 0. The normalized spacial score (nSPS) is 10.2. The number of aromatic nitrogens is 1. The first-order valence-electron chi connectivity index (χ1n) is 5.83. The monoisotopic (exact) mass is 384 g/mol. The van der Waals surface area contributed by atoms with Crippen molar-refractivity contribution >= 4 is 45.9 Å². The van der Waals surface area contributed by atoms with Gasteiger partial charge in [0.2, 0.25) is 5.91 Å². The van der Waals surface area contributed by atoms with Gasteiger partial charge >= 0.3 is 0 Å². The first kappa shape index (κ1) is 14.3. The van der Waals surface area contributed by atoms with Crippen LogP contribution in [0, 0.1) is 3.57 Å². The van der Waals surface area contributed by atoms with Gasteiger partial charge in [-0.05, 0) is 59.0 Å². The van der Waals surface area contributed by atoms with E-state index in [0.717, 1.165) is 20.0 Å². The molecule has 0 spiro atoms. The minimum Gasteiger partial charge on any atom is -0.326 e. The van der Waals surface area contributed by atoms with Crippen LogP contribution in [-0.4, -0.2) is 16.6 Å². The fraction of sp³-hybridized carbons (Fsp3) is 0.143. The van der Waals surface area contributed by atoms with Gasteiger partial charge in [-0.1, -0.05) is 6.07 Å². The van der Waals surface area contributed by atoms with Crippen LogP contribution in [0.4, 0.5) is 5.69 Å². The Morgan fingerprint density at radius 1 is 1.21 bits per heavy atom. The highest BCUT2D eigenvalue weighted by molar-refractivity contribution is 14.1. The maximum absolute atomic E-state index is 11.7. The van der Waals surface area contributed by atoms with Gasteiger partial charge in [-0.25, -0.2) is 4.98 Å². The summed E-state index contributed by atoms with van der Waals surface area (Å²) < 4.78 is 1.15. The Hall–Kier alpha value is -1.08. The number of thioether (sulfide) groups is 1. The zero-order valence-electron chi connectivity index (χ0n) is 10.2. The highest BCUT2D eigenvalue weighted by Gasteiger charge is 2.03. The van der Waals surface area contributed by atoms with E-state index in [-0.39, 0.29) is 5.91 Å².